The first-order valence-electron chi connectivity index (χ1n) is 3.94. The van der Waals surface area contributed by atoms with Gasteiger partial charge in [-0.05, 0) is 11.8 Å². The molecule has 0 aromatic heterocycles. The van der Waals surface area contributed by atoms with Crippen molar-refractivity contribution < 1.29 is 0 Å². The van der Waals surface area contributed by atoms with Gasteiger partial charge < -0.3 is 5.73 Å². The van der Waals surface area contributed by atoms with Crippen LogP contribution in [-0.2, 0) is 0 Å². The summed E-state index contributed by atoms with van der Waals surface area (Å²) in [5.74, 6) is 0. The van der Waals surface area contributed by atoms with Crippen molar-refractivity contribution in [2.45, 2.75) is 33.4 Å². The number of hydrogen-bond donors (Lipinski definition) is 1. The van der Waals surface area contributed by atoms with E-state index in [1.54, 1.807) is 12.3 Å². The Morgan fingerprint density at radius 1 is 1.64 bits per heavy atom. The van der Waals surface area contributed by atoms with Crippen LogP contribution in [0.15, 0.2) is 17.6 Å². The van der Waals surface area contributed by atoms with Gasteiger partial charge in [-0.2, -0.15) is 0 Å². The van der Waals surface area contributed by atoms with Gasteiger partial charge in [-0.15, -0.1) is 0 Å². The number of hydrogen-bond acceptors (Lipinski definition) is 2. The van der Waals surface area contributed by atoms with Crippen molar-refractivity contribution in [3.8, 4) is 0 Å². The average Bonchev–Trinajstić information content (AvgIpc) is 2.00. The van der Waals surface area contributed by atoms with Gasteiger partial charge in [0.1, 0.15) is 6.17 Å². The largest absolute Gasteiger partial charge is 0.309 e. The normalized spacial score (nSPS) is 15.3. The van der Waals surface area contributed by atoms with Gasteiger partial charge in [0.15, 0.2) is 0 Å². The molecular formula is C9H18N2. The van der Waals surface area contributed by atoms with Crippen molar-refractivity contribution in [2.24, 2.45) is 16.1 Å². The van der Waals surface area contributed by atoms with Crippen LogP contribution >= 0.6 is 0 Å². The van der Waals surface area contributed by atoms with Gasteiger partial charge >= 0.3 is 0 Å². The van der Waals surface area contributed by atoms with Crippen LogP contribution < -0.4 is 5.73 Å². The molecule has 0 unspecified atom stereocenters. The highest BCUT2D eigenvalue weighted by molar-refractivity contribution is 5.70. The molecule has 0 saturated heterocycles. The minimum atomic E-state index is -0.120. The molecule has 0 rings (SSSR count). The zero-order chi connectivity index (χ0) is 8.91. The van der Waals surface area contributed by atoms with Crippen LogP contribution in [-0.4, -0.2) is 12.4 Å². The number of allylic oxidation sites excluding steroid dienone is 1. The lowest BCUT2D eigenvalue weighted by Gasteiger charge is -2.26. The molecule has 0 aliphatic rings. The fourth-order valence-electron chi connectivity index (χ4n) is 0.564. The van der Waals surface area contributed by atoms with E-state index in [1.165, 1.54) is 0 Å². The van der Waals surface area contributed by atoms with Crippen molar-refractivity contribution in [1.82, 2.24) is 0 Å². The molecule has 0 heterocycles. The second kappa shape index (κ2) is 4.29. The van der Waals surface area contributed by atoms with Gasteiger partial charge in [0, 0.05) is 6.21 Å². The van der Waals surface area contributed by atoms with Crippen LogP contribution in [0.25, 0.3) is 0 Å². The number of rotatable bonds is 4. The SMILES string of the molecule is C=C/C=N\[C@H](N)C(C)(C)CC. The molecule has 0 aliphatic heterocycles. The van der Waals surface area contributed by atoms with E-state index >= 15 is 0 Å². The fourth-order valence-corrected chi connectivity index (χ4v) is 0.564. The first kappa shape index (κ1) is 10.4. The van der Waals surface area contributed by atoms with E-state index in [0.717, 1.165) is 6.42 Å². The molecule has 0 aromatic carbocycles. The molecule has 64 valence electrons. The smallest absolute Gasteiger partial charge is 0.102 e. The highest BCUT2D eigenvalue weighted by atomic mass is 15.0. The van der Waals surface area contributed by atoms with E-state index in [1.807, 2.05) is 0 Å². The Morgan fingerprint density at radius 3 is 2.55 bits per heavy atom. The van der Waals surface area contributed by atoms with Crippen molar-refractivity contribution in [3.05, 3.63) is 12.7 Å². The molecule has 0 radical (unpaired) electrons. The molecular weight excluding hydrogens is 136 g/mol. The van der Waals surface area contributed by atoms with E-state index in [4.69, 9.17) is 5.73 Å². The first-order chi connectivity index (χ1) is 5.04. The third-order valence-electron chi connectivity index (χ3n) is 2.06. The fraction of sp³-hybridized carbons (Fsp3) is 0.667. The third kappa shape index (κ3) is 3.33. The molecule has 0 fully saturated rings. The molecule has 0 aliphatic carbocycles. The van der Waals surface area contributed by atoms with Crippen LogP contribution in [0.2, 0.25) is 0 Å². The quantitative estimate of drug-likeness (QED) is 0.618. The van der Waals surface area contributed by atoms with Gasteiger partial charge in [-0.1, -0.05) is 33.4 Å². The van der Waals surface area contributed by atoms with E-state index < -0.39 is 0 Å². The van der Waals surface area contributed by atoms with Crippen molar-refractivity contribution >= 4 is 6.21 Å². The molecule has 1 atom stereocenters. The van der Waals surface area contributed by atoms with Crippen LogP contribution in [0.4, 0.5) is 0 Å². The Kier molecular flexibility index (Phi) is 4.04. The van der Waals surface area contributed by atoms with Gasteiger partial charge in [-0.3, -0.25) is 4.99 Å². The summed E-state index contributed by atoms with van der Waals surface area (Å²) in [7, 11) is 0. The van der Waals surface area contributed by atoms with E-state index in [9.17, 15) is 0 Å². The highest BCUT2D eigenvalue weighted by Gasteiger charge is 2.22. The van der Waals surface area contributed by atoms with Crippen LogP contribution in [0, 0.1) is 5.41 Å². The van der Waals surface area contributed by atoms with Crippen molar-refractivity contribution in [2.75, 3.05) is 0 Å². The Morgan fingerprint density at radius 2 is 2.18 bits per heavy atom. The second-order valence-electron chi connectivity index (χ2n) is 3.32. The molecule has 0 spiro atoms. The van der Waals surface area contributed by atoms with Crippen molar-refractivity contribution in [3.63, 3.8) is 0 Å². The van der Waals surface area contributed by atoms with Crippen molar-refractivity contribution in [1.29, 1.82) is 0 Å². The Hall–Kier alpha value is -0.630. The van der Waals surface area contributed by atoms with E-state index in [0.29, 0.717) is 0 Å². The van der Waals surface area contributed by atoms with Gasteiger partial charge in [0.05, 0.1) is 0 Å². The average molecular weight is 154 g/mol. The number of nitrogens with two attached hydrogens (primary N) is 1. The predicted octanol–water partition coefficient (Wildman–Crippen LogP) is 1.96. The molecule has 11 heavy (non-hydrogen) atoms. The maximum absolute atomic E-state index is 5.80. The van der Waals surface area contributed by atoms with Crippen LogP contribution in [0.5, 0.6) is 0 Å². The summed E-state index contributed by atoms with van der Waals surface area (Å²) in [5, 5.41) is 0. The lowest BCUT2D eigenvalue weighted by Crippen LogP contribution is -2.35. The molecule has 0 saturated carbocycles. The summed E-state index contributed by atoms with van der Waals surface area (Å²) in [5.41, 5.74) is 5.89. The Labute approximate surface area is 69.2 Å². The van der Waals surface area contributed by atoms with Gasteiger partial charge in [0.25, 0.3) is 0 Å². The maximum Gasteiger partial charge on any atom is 0.102 e. The molecule has 2 nitrogen and oxygen atoms in total. The van der Waals surface area contributed by atoms with Gasteiger partial charge in [0.2, 0.25) is 0 Å². The maximum atomic E-state index is 5.80. The monoisotopic (exact) mass is 154 g/mol. The van der Waals surface area contributed by atoms with Gasteiger partial charge in [-0.25, -0.2) is 0 Å². The predicted molar refractivity (Wildman–Crippen MR) is 50.7 cm³/mol. The zero-order valence-corrected chi connectivity index (χ0v) is 7.67. The highest BCUT2D eigenvalue weighted by Crippen LogP contribution is 2.23. The zero-order valence-electron chi connectivity index (χ0n) is 7.67. The Bertz CT molecular complexity index is 148. The van der Waals surface area contributed by atoms with Crippen LogP contribution in [0.3, 0.4) is 0 Å². The van der Waals surface area contributed by atoms with E-state index in [2.05, 4.69) is 32.3 Å². The van der Waals surface area contributed by atoms with E-state index in [-0.39, 0.29) is 11.6 Å². The third-order valence-corrected chi connectivity index (χ3v) is 2.06. The summed E-state index contributed by atoms with van der Waals surface area (Å²) < 4.78 is 0. The number of aliphatic imine (C=N–C) groups is 1. The molecule has 2 N–H and O–H groups in total. The lowest BCUT2D eigenvalue weighted by atomic mass is 9.87. The summed E-state index contributed by atoms with van der Waals surface area (Å²) in [6.45, 7) is 9.87. The first-order valence-corrected chi connectivity index (χ1v) is 3.94. The lowest BCUT2D eigenvalue weighted by molar-refractivity contribution is 0.282. The summed E-state index contributed by atoms with van der Waals surface area (Å²) in [6, 6.07) is 0. The minimum Gasteiger partial charge on any atom is -0.309 e. The summed E-state index contributed by atoms with van der Waals surface area (Å²) in [4.78, 5) is 4.12. The number of nitrogens with zero attached hydrogens (tertiary/aromatic N) is 1. The molecule has 0 aromatic rings. The molecule has 0 bridgehead atoms. The summed E-state index contributed by atoms with van der Waals surface area (Å²) >= 11 is 0. The molecule has 2 heteroatoms. The second-order valence-corrected chi connectivity index (χ2v) is 3.32. The topological polar surface area (TPSA) is 38.4 Å². The standard InChI is InChI=1S/C9H18N2/c1-5-7-11-8(10)9(3,4)6-2/h5,7-8H,1,6,10H2,2-4H3/b11-7-/t8-/m0/s1. The summed E-state index contributed by atoms with van der Waals surface area (Å²) in [6.07, 6.45) is 4.21. The Balaban J connectivity index is 4.10. The molecule has 0 amide bonds. The van der Waals surface area contributed by atoms with Crippen LogP contribution in [0.1, 0.15) is 27.2 Å². The minimum absolute atomic E-state index is 0.0828.